The Morgan fingerprint density at radius 3 is 2.44 bits per heavy atom. The number of rotatable bonds is 11. The molecule has 2 heterocycles. The van der Waals surface area contributed by atoms with Crippen molar-refractivity contribution in [3.8, 4) is 40.0 Å². The minimum atomic E-state index is -1.08. The standard InChI is InChI=1S/C32H29NO8/c1-37-25-9-10-26(28(15-25)39-18-22-7-4-3-6-21(22)17-34)31-20(8-5-11-33-31)12-24(32(35)36)13-23-14-29-30(41-19-40-29)16-27(23)38-2/h3-12,14-16,34H,13,17-19H2,1-2H3,(H,35,36). The maximum atomic E-state index is 12.4. The molecular formula is C32H29NO8. The van der Waals surface area contributed by atoms with Crippen LogP contribution in [-0.2, 0) is 24.4 Å². The zero-order chi connectivity index (χ0) is 28.8. The van der Waals surface area contributed by atoms with Crippen molar-refractivity contribution in [2.45, 2.75) is 19.6 Å². The van der Waals surface area contributed by atoms with Gasteiger partial charge in [0.2, 0.25) is 6.79 Å². The summed E-state index contributed by atoms with van der Waals surface area (Å²) in [6, 6.07) is 19.8. The summed E-state index contributed by atoms with van der Waals surface area (Å²) in [7, 11) is 3.09. The smallest absolute Gasteiger partial charge is 0.331 e. The molecule has 41 heavy (non-hydrogen) atoms. The number of hydrogen-bond acceptors (Lipinski definition) is 8. The minimum Gasteiger partial charge on any atom is -0.497 e. The highest BCUT2D eigenvalue weighted by molar-refractivity contribution is 5.94. The van der Waals surface area contributed by atoms with Crippen molar-refractivity contribution < 1.29 is 38.7 Å². The molecule has 3 aromatic carbocycles. The third-order valence-corrected chi connectivity index (χ3v) is 6.72. The molecule has 0 unspecified atom stereocenters. The van der Waals surface area contributed by atoms with E-state index < -0.39 is 5.97 Å². The molecule has 2 N–H and O–H groups in total. The number of aliphatic carboxylic acids is 1. The lowest BCUT2D eigenvalue weighted by Gasteiger charge is -2.16. The van der Waals surface area contributed by atoms with Crippen LogP contribution in [0.5, 0.6) is 28.7 Å². The second kappa shape index (κ2) is 12.4. The van der Waals surface area contributed by atoms with Gasteiger partial charge in [-0.05, 0) is 41.5 Å². The molecule has 0 spiro atoms. The normalized spacial score (nSPS) is 12.2. The van der Waals surface area contributed by atoms with Crippen LogP contribution in [-0.4, -0.2) is 42.2 Å². The van der Waals surface area contributed by atoms with E-state index in [1.54, 1.807) is 55.8 Å². The first kappa shape index (κ1) is 27.5. The van der Waals surface area contributed by atoms with Gasteiger partial charge in [-0.25, -0.2) is 4.79 Å². The maximum absolute atomic E-state index is 12.4. The number of nitrogens with zero attached hydrogens (tertiary/aromatic N) is 1. The molecule has 0 atom stereocenters. The predicted molar refractivity (Wildman–Crippen MR) is 151 cm³/mol. The summed E-state index contributed by atoms with van der Waals surface area (Å²) in [4.78, 5) is 17.0. The number of hydrogen-bond donors (Lipinski definition) is 2. The molecule has 0 saturated carbocycles. The van der Waals surface area contributed by atoms with Crippen molar-refractivity contribution >= 4 is 12.0 Å². The van der Waals surface area contributed by atoms with Crippen molar-refractivity contribution in [2.24, 2.45) is 0 Å². The first-order chi connectivity index (χ1) is 20.0. The van der Waals surface area contributed by atoms with Gasteiger partial charge >= 0.3 is 5.97 Å². The summed E-state index contributed by atoms with van der Waals surface area (Å²) in [5.74, 6) is 1.60. The molecule has 0 bridgehead atoms. The molecule has 1 aliphatic heterocycles. The van der Waals surface area contributed by atoms with Gasteiger partial charge in [0.1, 0.15) is 23.9 Å². The zero-order valence-electron chi connectivity index (χ0n) is 22.6. The third kappa shape index (κ3) is 6.10. The highest BCUT2D eigenvalue weighted by Crippen LogP contribution is 2.40. The fourth-order valence-electron chi connectivity index (χ4n) is 4.59. The summed E-state index contributed by atoms with van der Waals surface area (Å²) in [6.07, 6.45) is 3.32. The van der Waals surface area contributed by atoms with Crippen LogP contribution in [0.15, 0.2) is 78.5 Å². The van der Waals surface area contributed by atoms with Crippen molar-refractivity contribution in [1.82, 2.24) is 4.98 Å². The fourth-order valence-corrected chi connectivity index (χ4v) is 4.59. The summed E-state index contributed by atoms with van der Waals surface area (Å²) in [6.45, 7) is 0.200. The predicted octanol–water partition coefficient (Wildman–Crippen LogP) is 5.28. The van der Waals surface area contributed by atoms with Crippen LogP contribution >= 0.6 is 0 Å². The van der Waals surface area contributed by atoms with E-state index in [-0.39, 0.29) is 32.0 Å². The zero-order valence-corrected chi connectivity index (χ0v) is 22.6. The second-order valence-corrected chi connectivity index (χ2v) is 9.19. The summed E-state index contributed by atoms with van der Waals surface area (Å²) < 4.78 is 28.1. The Balaban J connectivity index is 1.52. The number of pyridine rings is 1. The number of aromatic nitrogens is 1. The molecule has 9 nitrogen and oxygen atoms in total. The average molecular weight is 556 g/mol. The SMILES string of the molecule is COc1ccc(-c2ncccc2C=C(Cc2cc3c(cc2OC)OCO3)C(=O)O)c(OCc2ccccc2CO)c1. The van der Waals surface area contributed by atoms with Crippen molar-refractivity contribution in [2.75, 3.05) is 21.0 Å². The average Bonchev–Trinajstić information content (AvgIpc) is 3.47. The molecular weight excluding hydrogens is 526 g/mol. The van der Waals surface area contributed by atoms with Crippen LogP contribution in [0.2, 0.25) is 0 Å². The first-order valence-corrected chi connectivity index (χ1v) is 12.8. The van der Waals surface area contributed by atoms with E-state index >= 15 is 0 Å². The van der Waals surface area contributed by atoms with Gasteiger partial charge in [-0.2, -0.15) is 0 Å². The molecule has 0 fully saturated rings. The largest absolute Gasteiger partial charge is 0.497 e. The highest BCUT2D eigenvalue weighted by atomic mass is 16.7. The Morgan fingerprint density at radius 1 is 0.927 bits per heavy atom. The number of ether oxygens (including phenoxy) is 5. The molecule has 4 aromatic rings. The lowest BCUT2D eigenvalue weighted by atomic mass is 9.98. The van der Waals surface area contributed by atoms with E-state index in [0.29, 0.717) is 51.1 Å². The third-order valence-electron chi connectivity index (χ3n) is 6.72. The highest BCUT2D eigenvalue weighted by Gasteiger charge is 2.21. The summed E-state index contributed by atoms with van der Waals surface area (Å²) >= 11 is 0. The van der Waals surface area contributed by atoms with Crippen LogP contribution in [0.1, 0.15) is 22.3 Å². The quantitative estimate of drug-likeness (QED) is 0.239. The molecule has 210 valence electrons. The number of carboxylic acid groups (broad SMARTS) is 1. The summed E-state index contributed by atoms with van der Waals surface area (Å²) in [5.41, 5.74) is 4.17. The Labute approximate surface area is 237 Å². The second-order valence-electron chi connectivity index (χ2n) is 9.19. The van der Waals surface area contributed by atoms with Crippen LogP contribution < -0.4 is 23.7 Å². The van der Waals surface area contributed by atoms with Gasteiger partial charge in [-0.3, -0.25) is 4.98 Å². The van der Waals surface area contributed by atoms with Gasteiger partial charge in [-0.1, -0.05) is 30.3 Å². The molecule has 9 heteroatoms. The lowest BCUT2D eigenvalue weighted by molar-refractivity contribution is -0.132. The number of methoxy groups -OCH3 is 2. The van der Waals surface area contributed by atoms with Crippen LogP contribution in [0.25, 0.3) is 17.3 Å². The molecule has 0 aliphatic carbocycles. The van der Waals surface area contributed by atoms with Gasteiger partial charge in [0.05, 0.1) is 26.5 Å². The molecule has 1 aromatic heterocycles. The maximum Gasteiger partial charge on any atom is 0.331 e. The molecule has 0 saturated heterocycles. The number of carbonyl (C=O) groups is 1. The Morgan fingerprint density at radius 2 is 1.71 bits per heavy atom. The Hall–Kier alpha value is -5.02. The lowest BCUT2D eigenvalue weighted by Crippen LogP contribution is -2.06. The molecule has 0 amide bonds. The number of fused-ring (bicyclic) bond motifs is 1. The van der Waals surface area contributed by atoms with Gasteiger partial charge in [-0.15, -0.1) is 0 Å². The molecule has 1 aliphatic rings. The van der Waals surface area contributed by atoms with Gasteiger partial charge < -0.3 is 33.9 Å². The first-order valence-electron chi connectivity index (χ1n) is 12.8. The topological polar surface area (TPSA) is 117 Å². The van der Waals surface area contributed by atoms with E-state index in [4.69, 9.17) is 23.7 Å². The number of aliphatic hydroxyl groups is 1. The minimum absolute atomic E-state index is 0.0768. The number of aliphatic hydroxyl groups excluding tert-OH is 1. The van der Waals surface area contributed by atoms with Crippen molar-refractivity contribution in [3.05, 3.63) is 101 Å². The van der Waals surface area contributed by atoms with Crippen molar-refractivity contribution in [1.29, 1.82) is 0 Å². The van der Waals surface area contributed by atoms with E-state index in [9.17, 15) is 15.0 Å². The van der Waals surface area contributed by atoms with Crippen LogP contribution in [0.4, 0.5) is 0 Å². The monoisotopic (exact) mass is 555 g/mol. The van der Waals surface area contributed by atoms with Gasteiger partial charge in [0, 0.05) is 47.0 Å². The number of benzene rings is 3. The molecule has 5 rings (SSSR count). The number of carboxylic acids is 1. The van der Waals surface area contributed by atoms with E-state index in [1.807, 2.05) is 30.3 Å². The van der Waals surface area contributed by atoms with Gasteiger partial charge in [0.25, 0.3) is 0 Å². The summed E-state index contributed by atoms with van der Waals surface area (Å²) in [5, 5.41) is 19.9. The van der Waals surface area contributed by atoms with E-state index in [0.717, 1.165) is 11.1 Å². The van der Waals surface area contributed by atoms with Crippen LogP contribution in [0, 0.1) is 0 Å². The molecule has 0 radical (unpaired) electrons. The van der Waals surface area contributed by atoms with E-state index in [2.05, 4.69) is 4.98 Å². The van der Waals surface area contributed by atoms with E-state index in [1.165, 1.54) is 7.11 Å². The Kier molecular flexibility index (Phi) is 8.36. The van der Waals surface area contributed by atoms with Crippen molar-refractivity contribution in [3.63, 3.8) is 0 Å². The van der Waals surface area contributed by atoms with Crippen LogP contribution in [0.3, 0.4) is 0 Å². The Bertz CT molecular complexity index is 1600. The van der Waals surface area contributed by atoms with Gasteiger partial charge in [0.15, 0.2) is 11.5 Å². The fraction of sp³-hybridized carbons (Fsp3) is 0.188.